The summed E-state index contributed by atoms with van der Waals surface area (Å²) >= 11 is 0. The molecule has 0 atom stereocenters. The maximum atomic E-state index is 12.1. The zero-order valence-corrected chi connectivity index (χ0v) is 13.8. The molecule has 130 valence electrons. The molecule has 0 bridgehead atoms. The lowest BCUT2D eigenvalue weighted by molar-refractivity contribution is -0.138. The van der Waals surface area contributed by atoms with Crippen LogP contribution in [0, 0.1) is 0 Å². The Morgan fingerprint density at radius 1 is 1.12 bits per heavy atom. The summed E-state index contributed by atoms with van der Waals surface area (Å²) in [5.74, 6) is -1.10. The van der Waals surface area contributed by atoms with Gasteiger partial charge in [0.2, 0.25) is 0 Å². The van der Waals surface area contributed by atoms with Crippen molar-refractivity contribution >= 4 is 12.1 Å². The highest BCUT2D eigenvalue weighted by Gasteiger charge is 2.22. The molecule has 2 aromatic carbocycles. The number of carbonyl (C=O) groups is 2. The normalized spacial score (nSPS) is 11.6. The van der Waals surface area contributed by atoms with Crippen molar-refractivity contribution in [2.75, 3.05) is 19.6 Å². The summed E-state index contributed by atoms with van der Waals surface area (Å²) in [5.41, 5.74) is 11.1. The van der Waals surface area contributed by atoms with E-state index in [-0.39, 0.29) is 19.7 Å². The average molecular weight is 340 g/mol. The molecule has 0 aromatic heterocycles. The van der Waals surface area contributed by atoms with Gasteiger partial charge in [-0.25, -0.2) is 4.79 Å². The van der Waals surface area contributed by atoms with E-state index in [2.05, 4.69) is 18.2 Å². The number of rotatable bonds is 6. The van der Waals surface area contributed by atoms with Gasteiger partial charge in [-0.3, -0.25) is 9.69 Å². The number of carboxylic acid groups (broad SMARTS) is 1. The number of hydrogen-bond donors (Lipinski definition) is 2. The van der Waals surface area contributed by atoms with E-state index in [1.165, 1.54) is 11.1 Å². The number of fused-ring (bicyclic) bond motifs is 3. The van der Waals surface area contributed by atoms with Gasteiger partial charge in [-0.1, -0.05) is 42.5 Å². The molecule has 6 nitrogen and oxygen atoms in total. The summed E-state index contributed by atoms with van der Waals surface area (Å²) in [7, 11) is 0. The number of benzene rings is 2. The van der Waals surface area contributed by atoms with Crippen LogP contribution in [0.15, 0.2) is 42.5 Å². The van der Waals surface area contributed by atoms with Crippen LogP contribution in [0.2, 0.25) is 0 Å². The molecular weight excluding hydrogens is 320 g/mol. The van der Waals surface area contributed by atoms with E-state index in [1.807, 2.05) is 24.3 Å². The molecule has 25 heavy (non-hydrogen) atoms. The van der Waals surface area contributed by atoms with Crippen molar-refractivity contribution in [3.8, 4) is 11.1 Å². The summed E-state index contributed by atoms with van der Waals surface area (Å²) < 4.78 is 5.34. The van der Waals surface area contributed by atoms with Gasteiger partial charge in [-0.2, -0.15) is 0 Å². The van der Waals surface area contributed by atoms with Gasteiger partial charge in [0.25, 0.3) is 0 Å². The molecule has 0 aliphatic heterocycles. The predicted molar refractivity (Wildman–Crippen MR) is 93.1 cm³/mol. The Morgan fingerprint density at radius 2 is 1.88 bits per heavy atom. The molecule has 0 unspecified atom stereocenters. The third-order valence-electron chi connectivity index (χ3n) is 4.28. The third kappa shape index (κ3) is 3.64. The number of hydrogen-bond acceptors (Lipinski definition) is 4. The summed E-state index contributed by atoms with van der Waals surface area (Å²) in [5, 5.41) is 8.88. The van der Waals surface area contributed by atoms with E-state index in [0.29, 0.717) is 0 Å². The van der Waals surface area contributed by atoms with E-state index >= 15 is 0 Å². The molecule has 1 aliphatic rings. The Bertz CT molecular complexity index is 804. The minimum Gasteiger partial charge on any atom is -0.480 e. The molecule has 0 saturated carbocycles. The number of amides is 1. The number of nitrogens with two attached hydrogens (primary N) is 1. The second-order valence-corrected chi connectivity index (χ2v) is 5.94. The van der Waals surface area contributed by atoms with Crippen molar-refractivity contribution in [1.82, 2.24) is 4.90 Å². The minimum absolute atomic E-state index is 0.108. The lowest BCUT2D eigenvalue weighted by atomic mass is 10.0. The zero-order valence-electron chi connectivity index (χ0n) is 13.8. The van der Waals surface area contributed by atoms with E-state index in [1.54, 1.807) is 0 Å². The Kier molecular flexibility index (Phi) is 5.00. The number of ether oxygens (including phenoxy) is 1. The Morgan fingerprint density at radius 3 is 2.64 bits per heavy atom. The highest BCUT2D eigenvalue weighted by atomic mass is 16.6. The third-order valence-corrected chi connectivity index (χ3v) is 4.28. The van der Waals surface area contributed by atoms with Crippen molar-refractivity contribution in [1.29, 1.82) is 0 Å². The second-order valence-electron chi connectivity index (χ2n) is 5.94. The van der Waals surface area contributed by atoms with Gasteiger partial charge in [0.15, 0.2) is 0 Å². The van der Waals surface area contributed by atoms with E-state index in [4.69, 9.17) is 15.6 Å². The molecular formula is C19H20N2O4. The van der Waals surface area contributed by atoms with Gasteiger partial charge in [-0.15, -0.1) is 0 Å². The molecule has 1 aliphatic carbocycles. The van der Waals surface area contributed by atoms with Crippen molar-refractivity contribution < 1.29 is 19.4 Å². The summed E-state index contributed by atoms with van der Waals surface area (Å²) in [6, 6.07) is 14.2. The predicted octanol–water partition coefficient (Wildman–Crippen LogP) is 2.24. The van der Waals surface area contributed by atoms with Gasteiger partial charge in [-0.05, 0) is 34.2 Å². The standard InChI is InChI=1S/C19H20N2O4/c20-8-9-21(11-18(22)23)19(24)25-12-14-5-3-7-16-15-6-2-1-4-13(15)10-17(14)16/h1-7H,8-12,20H2,(H,22,23). The van der Waals surface area contributed by atoms with E-state index in [0.717, 1.165) is 28.0 Å². The SMILES string of the molecule is NCCN(CC(=O)O)C(=O)OCc1cccc2c1Cc1ccccc1-2. The first-order valence-electron chi connectivity index (χ1n) is 8.12. The molecule has 3 rings (SSSR count). The number of carbonyl (C=O) groups excluding carboxylic acids is 1. The van der Waals surface area contributed by atoms with Gasteiger partial charge in [0.1, 0.15) is 13.2 Å². The molecule has 0 heterocycles. The fraction of sp³-hybridized carbons (Fsp3) is 0.263. The molecule has 2 aromatic rings. The monoisotopic (exact) mass is 340 g/mol. The second kappa shape index (κ2) is 7.36. The number of aliphatic carboxylic acids is 1. The molecule has 6 heteroatoms. The van der Waals surface area contributed by atoms with Crippen LogP contribution in [-0.4, -0.2) is 41.7 Å². The first-order chi connectivity index (χ1) is 12.1. The van der Waals surface area contributed by atoms with Crippen molar-refractivity contribution in [2.24, 2.45) is 5.73 Å². The van der Waals surface area contributed by atoms with Gasteiger partial charge >= 0.3 is 12.1 Å². The summed E-state index contributed by atoms with van der Waals surface area (Å²) in [4.78, 5) is 24.1. The van der Waals surface area contributed by atoms with Crippen LogP contribution in [0.4, 0.5) is 4.79 Å². The highest BCUT2D eigenvalue weighted by molar-refractivity contribution is 5.78. The van der Waals surface area contributed by atoms with Crippen LogP contribution >= 0.6 is 0 Å². The van der Waals surface area contributed by atoms with E-state index in [9.17, 15) is 9.59 Å². The van der Waals surface area contributed by atoms with Gasteiger partial charge in [0.05, 0.1) is 0 Å². The Labute approximate surface area is 145 Å². The quantitative estimate of drug-likeness (QED) is 0.718. The zero-order chi connectivity index (χ0) is 17.8. The molecule has 0 fully saturated rings. The Balaban J connectivity index is 1.73. The van der Waals surface area contributed by atoms with Crippen LogP contribution in [-0.2, 0) is 22.6 Å². The average Bonchev–Trinajstić information content (AvgIpc) is 2.98. The minimum atomic E-state index is -1.10. The largest absolute Gasteiger partial charge is 0.480 e. The molecule has 0 saturated heterocycles. The van der Waals surface area contributed by atoms with Crippen molar-refractivity contribution in [3.05, 3.63) is 59.2 Å². The topological polar surface area (TPSA) is 92.9 Å². The van der Waals surface area contributed by atoms with Crippen LogP contribution in [0.25, 0.3) is 11.1 Å². The van der Waals surface area contributed by atoms with Gasteiger partial charge in [0, 0.05) is 13.1 Å². The van der Waals surface area contributed by atoms with Crippen LogP contribution in [0.5, 0.6) is 0 Å². The number of nitrogens with zero attached hydrogens (tertiary/aromatic N) is 1. The van der Waals surface area contributed by atoms with Crippen LogP contribution in [0.1, 0.15) is 16.7 Å². The maximum Gasteiger partial charge on any atom is 0.410 e. The lowest BCUT2D eigenvalue weighted by Crippen LogP contribution is -2.39. The number of carboxylic acids is 1. The van der Waals surface area contributed by atoms with Crippen LogP contribution in [0.3, 0.4) is 0 Å². The fourth-order valence-electron chi connectivity index (χ4n) is 3.14. The molecule has 0 radical (unpaired) electrons. The first-order valence-corrected chi connectivity index (χ1v) is 8.12. The Hall–Kier alpha value is -2.86. The highest BCUT2D eigenvalue weighted by Crippen LogP contribution is 2.38. The first kappa shape index (κ1) is 17.0. The lowest BCUT2D eigenvalue weighted by Gasteiger charge is -2.19. The fourth-order valence-corrected chi connectivity index (χ4v) is 3.14. The molecule has 3 N–H and O–H groups in total. The smallest absolute Gasteiger partial charge is 0.410 e. The molecule has 1 amide bonds. The maximum absolute atomic E-state index is 12.1. The summed E-state index contributed by atoms with van der Waals surface area (Å²) in [6.45, 7) is 0.00690. The summed E-state index contributed by atoms with van der Waals surface area (Å²) in [6.07, 6.45) is 0.141. The van der Waals surface area contributed by atoms with Gasteiger partial charge < -0.3 is 15.6 Å². The molecule has 0 spiro atoms. The van der Waals surface area contributed by atoms with Crippen molar-refractivity contribution in [3.63, 3.8) is 0 Å². The van der Waals surface area contributed by atoms with Crippen molar-refractivity contribution in [2.45, 2.75) is 13.0 Å². The van der Waals surface area contributed by atoms with Crippen LogP contribution < -0.4 is 5.73 Å². The van der Waals surface area contributed by atoms with E-state index < -0.39 is 18.6 Å².